The maximum Gasteiger partial charge on any atom is 0.434 e. The van der Waals surface area contributed by atoms with Gasteiger partial charge in [-0.2, -0.15) is 5.06 Å². The molecule has 0 spiro atoms. The third-order valence-corrected chi connectivity index (χ3v) is 6.34. The van der Waals surface area contributed by atoms with E-state index in [0.29, 0.717) is 0 Å². The van der Waals surface area contributed by atoms with Crippen LogP contribution in [0.4, 0.5) is 14.0 Å². The number of nitrogens with zero attached hydrogens (tertiary/aromatic N) is 2. The van der Waals surface area contributed by atoms with Gasteiger partial charge >= 0.3 is 12.2 Å². The molecule has 3 aliphatic rings. The number of rotatable bonds is 2. The Morgan fingerprint density at radius 1 is 1.03 bits per heavy atom. The number of ether oxygens (including phenoxy) is 2. The van der Waals surface area contributed by atoms with Gasteiger partial charge in [0.2, 0.25) is 0 Å². The van der Waals surface area contributed by atoms with Crippen LogP contribution in [0.1, 0.15) is 37.8 Å². The van der Waals surface area contributed by atoms with Crippen LogP contribution in [0.25, 0.3) is 11.1 Å². The number of fused-ring (bicyclic) bond motifs is 4. The predicted octanol–water partition coefficient (Wildman–Crippen LogP) is 4.51. The van der Waals surface area contributed by atoms with Crippen molar-refractivity contribution >= 4 is 12.2 Å². The molecule has 3 atom stereocenters. The Morgan fingerprint density at radius 3 is 2.24 bits per heavy atom. The second kappa shape index (κ2) is 8.02. The van der Waals surface area contributed by atoms with Crippen molar-refractivity contribution in [3.8, 4) is 11.1 Å². The third kappa shape index (κ3) is 3.82. The first-order chi connectivity index (χ1) is 15.7. The van der Waals surface area contributed by atoms with Crippen LogP contribution in [0.5, 0.6) is 0 Å². The average molecular weight is 454 g/mol. The zero-order valence-corrected chi connectivity index (χ0v) is 18.9. The number of amides is 2. The lowest BCUT2D eigenvalue weighted by Gasteiger charge is -2.26. The maximum absolute atomic E-state index is 14.9. The summed E-state index contributed by atoms with van der Waals surface area (Å²) in [6.45, 7) is 5.21. The lowest BCUT2D eigenvalue weighted by molar-refractivity contribution is -0.121. The van der Waals surface area contributed by atoms with Gasteiger partial charge in [0.1, 0.15) is 24.4 Å². The highest BCUT2D eigenvalue weighted by molar-refractivity contribution is 5.79. The molecule has 2 aromatic rings. The molecule has 7 nitrogen and oxygen atoms in total. The summed E-state index contributed by atoms with van der Waals surface area (Å²) in [4.78, 5) is 32.2. The lowest BCUT2D eigenvalue weighted by atomic mass is 9.98. The van der Waals surface area contributed by atoms with Crippen molar-refractivity contribution in [2.24, 2.45) is 0 Å². The molecule has 8 heteroatoms. The van der Waals surface area contributed by atoms with Crippen LogP contribution in [0.2, 0.25) is 0 Å². The quantitative estimate of drug-likeness (QED) is 0.668. The number of hydrogen-bond acceptors (Lipinski definition) is 5. The van der Waals surface area contributed by atoms with Gasteiger partial charge < -0.3 is 9.47 Å². The number of likely N-dealkylation sites (tertiary alicyclic amines) is 1. The Morgan fingerprint density at radius 2 is 1.64 bits per heavy atom. The van der Waals surface area contributed by atoms with Crippen molar-refractivity contribution in [3.05, 3.63) is 59.7 Å². The Bertz CT molecular complexity index is 1040. The van der Waals surface area contributed by atoms with E-state index in [2.05, 4.69) is 12.1 Å². The molecule has 0 N–H and O–H groups in total. The highest BCUT2D eigenvalue weighted by Gasteiger charge is 2.55. The topological polar surface area (TPSA) is 68.3 Å². The van der Waals surface area contributed by atoms with E-state index < -0.39 is 36.0 Å². The van der Waals surface area contributed by atoms with Gasteiger partial charge in [-0.25, -0.2) is 14.0 Å². The van der Waals surface area contributed by atoms with Crippen molar-refractivity contribution in [3.63, 3.8) is 0 Å². The Balaban J connectivity index is 1.28. The molecule has 2 saturated heterocycles. The zero-order chi connectivity index (χ0) is 23.3. The highest BCUT2D eigenvalue weighted by Crippen LogP contribution is 2.44. The molecule has 0 saturated carbocycles. The zero-order valence-electron chi connectivity index (χ0n) is 18.9. The molecule has 2 fully saturated rings. The SMILES string of the molecule is CC(C)(C)OC(=O)N1C[C@H](F)[C@H]2[C@@H]1CON2C(=O)OCC1c2ccccc2-c2ccccc21. The predicted molar refractivity (Wildman–Crippen MR) is 118 cm³/mol. The van der Waals surface area contributed by atoms with Crippen molar-refractivity contribution < 1.29 is 28.3 Å². The Hall–Kier alpha value is -3.13. The molecule has 0 bridgehead atoms. The number of benzene rings is 2. The summed E-state index contributed by atoms with van der Waals surface area (Å²) in [6.07, 6.45) is -2.82. The summed E-state index contributed by atoms with van der Waals surface area (Å²) in [7, 11) is 0. The number of carbonyl (C=O) groups excluding carboxylic acids is 2. The molecule has 0 radical (unpaired) electrons. The molecular formula is C25H27FN2O5. The molecule has 174 valence electrons. The fraction of sp³-hybridized carbons (Fsp3) is 0.440. The van der Waals surface area contributed by atoms with E-state index in [1.54, 1.807) is 20.8 Å². The lowest BCUT2D eigenvalue weighted by Crippen LogP contribution is -2.45. The van der Waals surface area contributed by atoms with E-state index >= 15 is 0 Å². The van der Waals surface area contributed by atoms with Crippen LogP contribution >= 0.6 is 0 Å². The van der Waals surface area contributed by atoms with Crippen LogP contribution in [-0.2, 0) is 14.3 Å². The van der Waals surface area contributed by atoms with Crippen LogP contribution in [0, 0.1) is 0 Å². The summed E-state index contributed by atoms with van der Waals surface area (Å²) in [5, 5.41) is 0.951. The number of carbonyl (C=O) groups is 2. The molecule has 5 rings (SSSR count). The number of alkyl halides is 1. The standard InChI is InChI=1S/C25H27FN2O5/c1-25(2,3)33-23(29)27-12-20(26)22-21(27)14-32-28(22)24(30)31-13-19-17-10-6-4-8-15(17)16-9-5-7-11-18(16)19/h4-11,19-22H,12-14H2,1-3H3/t20-,21-,22-/m0/s1. The van der Waals surface area contributed by atoms with E-state index in [1.807, 2.05) is 36.4 Å². The number of hydrogen-bond donors (Lipinski definition) is 0. The summed E-state index contributed by atoms with van der Waals surface area (Å²) in [5.41, 5.74) is 3.73. The van der Waals surface area contributed by atoms with Gasteiger partial charge in [0.05, 0.1) is 19.2 Å². The smallest absolute Gasteiger partial charge is 0.434 e. The minimum atomic E-state index is -1.45. The van der Waals surface area contributed by atoms with Crippen LogP contribution in [-0.4, -0.2) is 65.8 Å². The van der Waals surface area contributed by atoms with Crippen LogP contribution in [0.15, 0.2) is 48.5 Å². The molecule has 2 aliphatic heterocycles. The van der Waals surface area contributed by atoms with Gasteiger partial charge in [-0.15, -0.1) is 0 Å². The highest BCUT2D eigenvalue weighted by atomic mass is 19.1. The van der Waals surface area contributed by atoms with Gasteiger partial charge in [-0.3, -0.25) is 9.74 Å². The average Bonchev–Trinajstić information content (AvgIpc) is 3.43. The maximum atomic E-state index is 14.9. The first-order valence-electron chi connectivity index (χ1n) is 11.2. The fourth-order valence-electron chi connectivity index (χ4n) is 4.95. The number of hydroxylamine groups is 2. The Kier molecular flexibility index (Phi) is 5.28. The molecule has 2 amide bonds. The van der Waals surface area contributed by atoms with Crippen LogP contribution < -0.4 is 0 Å². The molecule has 2 aromatic carbocycles. The number of halogens is 1. The molecule has 2 heterocycles. The van der Waals surface area contributed by atoms with E-state index in [0.717, 1.165) is 27.3 Å². The molecule has 0 aromatic heterocycles. The minimum absolute atomic E-state index is 0.00846. The van der Waals surface area contributed by atoms with E-state index in [1.165, 1.54) is 4.90 Å². The minimum Gasteiger partial charge on any atom is -0.447 e. The summed E-state index contributed by atoms with van der Waals surface area (Å²) in [6, 6.07) is 14.5. The molecule has 0 unspecified atom stereocenters. The monoisotopic (exact) mass is 454 g/mol. The molecule has 1 aliphatic carbocycles. The van der Waals surface area contributed by atoms with Crippen molar-refractivity contribution in [1.29, 1.82) is 0 Å². The van der Waals surface area contributed by atoms with E-state index in [4.69, 9.17) is 14.3 Å². The van der Waals surface area contributed by atoms with E-state index in [9.17, 15) is 14.0 Å². The van der Waals surface area contributed by atoms with Gasteiger partial charge in [0.15, 0.2) is 0 Å². The Labute approximate surface area is 192 Å². The summed E-state index contributed by atoms with van der Waals surface area (Å²) < 4.78 is 25.9. The molecular weight excluding hydrogens is 427 g/mol. The second-order valence-corrected chi connectivity index (χ2v) is 9.63. The molecule has 33 heavy (non-hydrogen) atoms. The normalized spacial score (nSPS) is 23.8. The first-order valence-corrected chi connectivity index (χ1v) is 11.2. The van der Waals surface area contributed by atoms with Gasteiger partial charge in [-0.05, 0) is 43.0 Å². The largest absolute Gasteiger partial charge is 0.447 e. The van der Waals surface area contributed by atoms with Crippen molar-refractivity contribution in [2.45, 2.75) is 50.5 Å². The fourth-order valence-corrected chi connectivity index (χ4v) is 4.95. The van der Waals surface area contributed by atoms with Gasteiger partial charge in [-0.1, -0.05) is 48.5 Å². The van der Waals surface area contributed by atoms with Gasteiger partial charge in [0, 0.05) is 5.92 Å². The van der Waals surface area contributed by atoms with Gasteiger partial charge in [0.25, 0.3) is 0 Å². The first kappa shape index (κ1) is 21.7. The van der Waals surface area contributed by atoms with Crippen molar-refractivity contribution in [1.82, 2.24) is 9.96 Å². The summed E-state index contributed by atoms with van der Waals surface area (Å²) in [5.74, 6) is -0.109. The van der Waals surface area contributed by atoms with E-state index in [-0.39, 0.29) is 25.7 Å². The second-order valence-electron chi connectivity index (χ2n) is 9.63. The summed E-state index contributed by atoms with van der Waals surface area (Å²) >= 11 is 0. The van der Waals surface area contributed by atoms with Crippen molar-refractivity contribution in [2.75, 3.05) is 19.8 Å². The van der Waals surface area contributed by atoms with Crippen LogP contribution in [0.3, 0.4) is 0 Å². The third-order valence-electron chi connectivity index (χ3n) is 6.34.